The van der Waals surface area contributed by atoms with E-state index in [4.69, 9.17) is 16.7 Å². The van der Waals surface area contributed by atoms with Crippen molar-refractivity contribution in [2.24, 2.45) is 0 Å². The van der Waals surface area contributed by atoms with Gasteiger partial charge in [-0.15, -0.1) is 0 Å². The SMILES string of the molecule is Cc1ccc(C(=O)N(CCO)C2CCC2)cc1Cl. The minimum absolute atomic E-state index is 0.00182. The van der Waals surface area contributed by atoms with Gasteiger partial charge in [0.1, 0.15) is 0 Å². The Morgan fingerprint density at radius 2 is 2.22 bits per heavy atom. The highest BCUT2D eigenvalue weighted by Gasteiger charge is 2.29. The summed E-state index contributed by atoms with van der Waals surface area (Å²) in [4.78, 5) is 14.2. The van der Waals surface area contributed by atoms with Gasteiger partial charge in [-0.1, -0.05) is 17.7 Å². The summed E-state index contributed by atoms with van der Waals surface area (Å²) in [5.41, 5.74) is 1.57. The van der Waals surface area contributed by atoms with Crippen molar-refractivity contribution in [3.05, 3.63) is 34.3 Å². The lowest BCUT2D eigenvalue weighted by Crippen LogP contribution is -2.45. The third kappa shape index (κ3) is 2.68. The summed E-state index contributed by atoms with van der Waals surface area (Å²) < 4.78 is 0. The number of rotatable bonds is 4. The lowest BCUT2D eigenvalue weighted by atomic mass is 9.91. The van der Waals surface area contributed by atoms with Crippen LogP contribution in [0.2, 0.25) is 5.02 Å². The van der Waals surface area contributed by atoms with Gasteiger partial charge in [0.05, 0.1) is 6.61 Å². The van der Waals surface area contributed by atoms with Crippen LogP contribution in [0.25, 0.3) is 0 Å². The summed E-state index contributed by atoms with van der Waals surface area (Å²) in [5.74, 6) is -0.0318. The summed E-state index contributed by atoms with van der Waals surface area (Å²) in [7, 11) is 0. The van der Waals surface area contributed by atoms with Gasteiger partial charge in [-0.25, -0.2) is 0 Å². The van der Waals surface area contributed by atoms with E-state index in [9.17, 15) is 4.79 Å². The van der Waals surface area contributed by atoms with E-state index in [1.54, 1.807) is 17.0 Å². The molecule has 4 heteroatoms. The number of aliphatic hydroxyl groups is 1. The van der Waals surface area contributed by atoms with Crippen LogP contribution in [0.1, 0.15) is 35.2 Å². The average molecular weight is 268 g/mol. The van der Waals surface area contributed by atoms with Crippen LogP contribution in [0.15, 0.2) is 18.2 Å². The highest BCUT2D eigenvalue weighted by Crippen LogP contribution is 2.27. The first-order chi connectivity index (χ1) is 8.63. The van der Waals surface area contributed by atoms with Crippen molar-refractivity contribution in [1.82, 2.24) is 4.90 Å². The predicted octanol–water partition coefficient (Wildman–Crippen LogP) is 2.64. The smallest absolute Gasteiger partial charge is 0.254 e. The normalized spacial score (nSPS) is 15.3. The third-order valence-corrected chi connectivity index (χ3v) is 3.94. The van der Waals surface area contributed by atoms with Crippen LogP contribution < -0.4 is 0 Å². The molecular weight excluding hydrogens is 250 g/mol. The van der Waals surface area contributed by atoms with Gasteiger partial charge in [0, 0.05) is 23.2 Å². The second kappa shape index (κ2) is 5.72. The molecule has 98 valence electrons. The van der Waals surface area contributed by atoms with Gasteiger partial charge < -0.3 is 10.0 Å². The Labute approximate surface area is 112 Å². The van der Waals surface area contributed by atoms with E-state index in [0.717, 1.165) is 24.8 Å². The molecule has 18 heavy (non-hydrogen) atoms. The highest BCUT2D eigenvalue weighted by atomic mass is 35.5. The molecule has 1 saturated carbocycles. The molecular formula is C14H18ClNO2. The van der Waals surface area contributed by atoms with E-state index in [1.807, 2.05) is 13.0 Å². The van der Waals surface area contributed by atoms with Crippen molar-refractivity contribution in [2.75, 3.05) is 13.2 Å². The summed E-state index contributed by atoms with van der Waals surface area (Å²) in [6.07, 6.45) is 3.23. The molecule has 0 spiro atoms. The van der Waals surface area contributed by atoms with E-state index < -0.39 is 0 Å². The molecule has 1 aromatic carbocycles. The van der Waals surface area contributed by atoms with Crippen LogP contribution in [0, 0.1) is 6.92 Å². The molecule has 0 heterocycles. The molecule has 0 atom stereocenters. The molecule has 1 aromatic rings. The Hall–Kier alpha value is -1.06. The van der Waals surface area contributed by atoms with E-state index >= 15 is 0 Å². The second-order valence-corrected chi connectivity index (χ2v) is 5.18. The van der Waals surface area contributed by atoms with Crippen molar-refractivity contribution < 1.29 is 9.90 Å². The highest BCUT2D eigenvalue weighted by molar-refractivity contribution is 6.31. The van der Waals surface area contributed by atoms with Crippen LogP contribution in [0.5, 0.6) is 0 Å². The molecule has 1 fully saturated rings. The van der Waals surface area contributed by atoms with Crippen LogP contribution in [0.4, 0.5) is 0 Å². The zero-order valence-corrected chi connectivity index (χ0v) is 11.3. The minimum atomic E-state index is -0.0318. The Balaban J connectivity index is 2.18. The number of hydrogen-bond donors (Lipinski definition) is 1. The zero-order chi connectivity index (χ0) is 13.1. The molecule has 0 aromatic heterocycles. The molecule has 3 nitrogen and oxygen atoms in total. The number of hydrogen-bond acceptors (Lipinski definition) is 2. The van der Waals surface area contributed by atoms with Crippen molar-refractivity contribution in [3.8, 4) is 0 Å². The quantitative estimate of drug-likeness (QED) is 0.911. The fraction of sp³-hybridized carbons (Fsp3) is 0.500. The largest absolute Gasteiger partial charge is 0.395 e. The number of amides is 1. The van der Waals surface area contributed by atoms with E-state index in [2.05, 4.69) is 0 Å². The number of aliphatic hydroxyl groups excluding tert-OH is 1. The van der Waals surface area contributed by atoms with Crippen LogP contribution in [-0.4, -0.2) is 35.1 Å². The first kappa shape index (κ1) is 13.4. The summed E-state index contributed by atoms with van der Waals surface area (Å²) in [6, 6.07) is 5.65. The predicted molar refractivity (Wildman–Crippen MR) is 72.0 cm³/mol. The minimum Gasteiger partial charge on any atom is -0.395 e. The number of nitrogens with zero attached hydrogens (tertiary/aromatic N) is 1. The summed E-state index contributed by atoms with van der Waals surface area (Å²) in [6.45, 7) is 2.31. The third-order valence-electron chi connectivity index (χ3n) is 3.54. The second-order valence-electron chi connectivity index (χ2n) is 4.77. The maximum Gasteiger partial charge on any atom is 0.254 e. The van der Waals surface area contributed by atoms with Gasteiger partial charge in [0.25, 0.3) is 5.91 Å². The van der Waals surface area contributed by atoms with Gasteiger partial charge >= 0.3 is 0 Å². The van der Waals surface area contributed by atoms with Crippen molar-refractivity contribution in [2.45, 2.75) is 32.2 Å². The maximum atomic E-state index is 12.4. The molecule has 0 aliphatic heterocycles. The Kier molecular flexibility index (Phi) is 4.25. The van der Waals surface area contributed by atoms with E-state index in [1.165, 1.54) is 0 Å². The molecule has 1 amide bonds. The van der Waals surface area contributed by atoms with E-state index in [-0.39, 0.29) is 18.6 Å². The fourth-order valence-corrected chi connectivity index (χ4v) is 2.33. The Morgan fingerprint density at radius 1 is 1.50 bits per heavy atom. The van der Waals surface area contributed by atoms with Crippen LogP contribution >= 0.6 is 11.6 Å². The van der Waals surface area contributed by atoms with Gasteiger partial charge in [-0.2, -0.15) is 0 Å². The van der Waals surface area contributed by atoms with Crippen LogP contribution in [-0.2, 0) is 0 Å². The first-order valence-electron chi connectivity index (χ1n) is 6.31. The fourth-order valence-electron chi connectivity index (χ4n) is 2.15. The summed E-state index contributed by atoms with van der Waals surface area (Å²) in [5, 5.41) is 9.69. The monoisotopic (exact) mass is 267 g/mol. The van der Waals surface area contributed by atoms with E-state index in [0.29, 0.717) is 17.1 Å². The molecule has 2 rings (SSSR count). The zero-order valence-electron chi connectivity index (χ0n) is 10.5. The molecule has 0 unspecified atom stereocenters. The molecule has 1 aliphatic carbocycles. The van der Waals surface area contributed by atoms with Crippen LogP contribution in [0.3, 0.4) is 0 Å². The van der Waals surface area contributed by atoms with Gasteiger partial charge in [-0.3, -0.25) is 4.79 Å². The topological polar surface area (TPSA) is 40.5 Å². The number of carbonyl (C=O) groups is 1. The van der Waals surface area contributed by atoms with Crippen molar-refractivity contribution >= 4 is 17.5 Å². The Bertz CT molecular complexity index is 443. The lowest BCUT2D eigenvalue weighted by molar-refractivity contribution is 0.0526. The van der Waals surface area contributed by atoms with Crippen molar-refractivity contribution in [3.63, 3.8) is 0 Å². The van der Waals surface area contributed by atoms with Crippen molar-refractivity contribution in [1.29, 1.82) is 0 Å². The Morgan fingerprint density at radius 3 is 2.72 bits per heavy atom. The number of benzene rings is 1. The number of aryl methyl sites for hydroxylation is 1. The summed E-state index contributed by atoms with van der Waals surface area (Å²) >= 11 is 6.05. The maximum absolute atomic E-state index is 12.4. The van der Waals surface area contributed by atoms with Gasteiger partial charge in [0.2, 0.25) is 0 Å². The average Bonchev–Trinajstić information content (AvgIpc) is 2.29. The number of carbonyl (C=O) groups excluding carboxylic acids is 1. The van der Waals surface area contributed by atoms with Gasteiger partial charge in [-0.05, 0) is 43.9 Å². The van der Waals surface area contributed by atoms with Gasteiger partial charge in [0.15, 0.2) is 0 Å². The first-order valence-corrected chi connectivity index (χ1v) is 6.69. The molecule has 0 saturated heterocycles. The molecule has 1 aliphatic rings. The lowest BCUT2D eigenvalue weighted by Gasteiger charge is -2.37. The molecule has 0 bridgehead atoms. The molecule has 1 N–H and O–H groups in total. The number of halogens is 1. The molecule has 0 radical (unpaired) electrons. The standard InChI is InChI=1S/C14H18ClNO2/c1-10-5-6-11(9-13(10)15)14(18)16(7-8-17)12-3-2-4-12/h5-6,9,12,17H,2-4,7-8H2,1H3.